The van der Waals surface area contributed by atoms with Crippen molar-refractivity contribution in [1.82, 2.24) is 9.80 Å². The van der Waals surface area contributed by atoms with E-state index in [0.29, 0.717) is 0 Å². The number of nitrogens with zero attached hydrogens (tertiary/aromatic N) is 2. The van der Waals surface area contributed by atoms with Gasteiger partial charge in [0.1, 0.15) is 11.5 Å². The van der Waals surface area contributed by atoms with Gasteiger partial charge in [0.15, 0.2) is 0 Å². The van der Waals surface area contributed by atoms with Crippen molar-refractivity contribution in [2.24, 2.45) is 5.92 Å². The van der Waals surface area contributed by atoms with Crippen LogP contribution in [-0.4, -0.2) is 54.7 Å². The van der Waals surface area contributed by atoms with E-state index in [9.17, 15) is 0 Å². The van der Waals surface area contributed by atoms with Crippen molar-refractivity contribution in [3.8, 4) is 0 Å². The summed E-state index contributed by atoms with van der Waals surface area (Å²) in [6, 6.07) is 5.70. The summed E-state index contributed by atoms with van der Waals surface area (Å²) >= 11 is 0. The Kier molecular flexibility index (Phi) is 3.78. The first-order valence-electron chi connectivity index (χ1n) is 8.41. The molecule has 3 saturated heterocycles. The monoisotopic (exact) mass is 290 g/mol. The molecular formula is C17H26N2O2. The summed E-state index contributed by atoms with van der Waals surface area (Å²) < 4.78 is 11.3. The summed E-state index contributed by atoms with van der Waals surface area (Å²) in [5.74, 6) is 2.91. The third kappa shape index (κ3) is 2.77. The van der Waals surface area contributed by atoms with Crippen LogP contribution < -0.4 is 0 Å². The van der Waals surface area contributed by atoms with Crippen LogP contribution in [0.3, 0.4) is 0 Å². The lowest BCUT2D eigenvalue weighted by Crippen LogP contribution is -2.38. The van der Waals surface area contributed by atoms with Gasteiger partial charge in [0.05, 0.1) is 13.2 Å². The summed E-state index contributed by atoms with van der Waals surface area (Å²) in [4.78, 5) is 5.37. The highest BCUT2D eigenvalue weighted by molar-refractivity contribution is 5.07. The van der Waals surface area contributed by atoms with E-state index in [1.807, 2.05) is 6.92 Å². The first-order chi connectivity index (χ1) is 10.3. The summed E-state index contributed by atoms with van der Waals surface area (Å²) in [7, 11) is 0. The molecule has 1 aromatic rings. The minimum absolute atomic E-state index is 0.734. The normalized spacial score (nSPS) is 33.9. The van der Waals surface area contributed by atoms with Crippen LogP contribution in [0.25, 0.3) is 0 Å². The lowest BCUT2D eigenvalue weighted by molar-refractivity contribution is 0.158. The summed E-state index contributed by atoms with van der Waals surface area (Å²) in [6.07, 6.45) is 3.89. The minimum Gasteiger partial charge on any atom is -0.465 e. The molecule has 3 aliphatic rings. The molecule has 0 aromatic carbocycles. The summed E-state index contributed by atoms with van der Waals surface area (Å²) in [5.41, 5.74) is 0. The predicted molar refractivity (Wildman–Crippen MR) is 81.2 cm³/mol. The maximum atomic E-state index is 5.76. The zero-order valence-corrected chi connectivity index (χ0v) is 13.0. The second-order valence-electron chi connectivity index (χ2n) is 6.92. The maximum Gasteiger partial charge on any atom is 0.118 e. The van der Waals surface area contributed by atoms with Crippen LogP contribution >= 0.6 is 0 Å². The van der Waals surface area contributed by atoms with E-state index in [-0.39, 0.29) is 0 Å². The Hall–Kier alpha value is -0.840. The van der Waals surface area contributed by atoms with Gasteiger partial charge >= 0.3 is 0 Å². The van der Waals surface area contributed by atoms with Gasteiger partial charge in [0, 0.05) is 38.3 Å². The third-order valence-corrected chi connectivity index (χ3v) is 5.48. The van der Waals surface area contributed by atoms with Crippen molar-refractivity contribution in [1.29, 1.82) is 0 Å². The largest absolute Gasteiger partial charge is 0.465 e. The van der Waals surface area contributed by atoms with Crippen LogP contribution in [0.1, 0.15) is 30.8 Å². The molecule has 0 bridgehead atoms. The number of fused-ring (bicyclic) bond motifs is 1. The van der Waals surface area contributed by atoms with Crippen molar-refractivity contribution in [3.63, 3.8) is 0 Å². The van der Waals surface area contributed by atoms with Gasteiger partial charge in [-0.2, -0.15) is 0 Å². The predicted octanol–water partition coefficient (Wildman–Crippen LogP) is 2.27. The molecule has 4 nitrogen and oxygen atoms in total. The van der Waals surface area contributed by atoms with E-state index in [1.165, 1.54) is 38.9 Å². The highest BCUT2D eigenvalue weighted by Crippen LogP contribution is 2.33. The molecule has 0 amide bonds. The second kappa shape index (κ2) is 5.75. The highest BCUT2D eigenvalue weighted by Gasteiger charge is 2.43. The molecule has 0 saturated carbocycles. The lowest BCUT2D eigenvalue weighted by atomic mass is 10.1. The average Bonchev–Trinajstić information content (AvgIpc) is 3.20. The molecule has 3 fully saturated rings. The highest BCUT2D eigenvalue weighted by atomic mass is 16.5. The summed E-state index contributed by atoms with van der Waals surface area (Å²) in [5, 5.41) is 0. The number of ether oxygens (including phenoxy) is 1. The van der Waals surface area contributed by atoms with E-state index in [4.69, 9.17) is 9.15 Å². The molecule has 0 aliphatic carbocycles. The van der Waals surface area contributed by atoms with E-state index in [1.54, 1.807) is 0 Å². The molecule has 4 heteroatoms. The molecular weight excluding hydrogens is 264 g/mol. The fourth-order valence-corrected chi connectivity index (χ4v) is 4.42. The SMILES string of the molecule is Cc1ccc(CN2CC[C@@H]3[C@@H]2CCN3C[C@@H]2CCOC2)o1. The van der Waals surface area contributed by atoms with Crippen molar-refractivity contribution >= 4 is 0 Å². The van der Waals surface area contributed by atoms with Crippen LogP contribution in [-0.2, 0) is 11.3 Å². The number of rotatable bonds is 4. The molecule has 0 spiro atoms. The van der Waals surface area contributed by atoms with E-state index in [2.05, 4.69) is 21.9 Å². The minimum atomic E-state index is 0.734. The second-order valence-corrected chi connectivity index (χ2v) is 6.92. The quantitative estimate of drug-likeness (QED) is 0.850. The van der Waals surface area contributed by atoms with Crippen LogP contribution in [0.2, 0.25) is 0 Å². The van der Waals surface area contributed by atoms with Gasteiger partial charge in [-0.15, -0.1) is 0 Å². The average molecular weight is 290 g/mol. The lowest BCUT2D eigenvalue weighted by Gasteiger charge is -2.26. The maximum absolute atomic E-state index is 5.76. The molecule has 0 unspecified atom stereocenters. The van der Waals surface area contributed by atoms with Crippen molar-refractivity contribution in [3.05, 3.63) is 23.7 Å². The zero-order valence-electron chi connectivity index (χ0n) is 13.0. The van der Waals surface area contributed by atoms with E-state index in [0.717, 1.165) is 49.3 Å². The van der Waals surface area contributed by atoms with E-state index < -0.39 is 0 Å². The standard InChI is InChI=1S/C17H26N2O2/c1-13-2-3-15(21-13)11-19-8-5-16-17(19)4-7-18(16)10-14-6-9-20-12-14/h2-3,14,16-17H,4-12H2,1H3/t14-,16+,17-/m0/s1. The first-order valence-corrected chi connectivity index (χ1v) is 8.41. The Balaban J connectivity index is 1.36. The Morgan fingerprint density at radius 2 is 1.90 bits per heavy atom. The van der Waals surface area contributed by atoms with Crippen LogP contribution in [0, 0.1) is 12.8 Å². The fourth-order valence-electron chi connectivity index (χ4n) is 4.42. The van der Waals surface area contributed by atoms with E-state index >= 15 is 0 Å². The van der Waals surface area contributed by atoms with Crippen molar-refractivity contribution in [2.45, 2.75) is 44.8 Å². The van der Waals surface area contributed by atoms with Gasteiger partial charge in [0.25, 0.3) is 0 Å². The van der Waals surface area contributed by atoms with Crippen LogP contribution in [0.15, 0.2) is 16.5 Å². The van der Waals surface area contributed by atoms with Crippen LogP contribution in [0.4, 0.5) is 0 Å². The molecule has 116 valence electrons. The topological polar surface area (TPSA) is 28.9 Å². The molecule has 4 heterocycles. The molecule has 21 heavy (non-hydrogen) atoms. The molecule has 0 radical (unpaired) electrons. The number of hydrogen-bond acceptors (Lipinski definition) is 4. The summed E-state index contributed by atoms with van der Waals surface area (Å²) in [6.45, 7) is 8.67. The van der Waals surface area contributed by atoms with Gasteiger partial charge in [-0.3, -0.25) is 9.80 Å². The molecule has 4 rings (SSSR count). The number of aryl methyl sites for hydroxylation is 1. The van der Waals surface area contributed by atoms with Crippen LogP contribution in [0.5, 0.6) is 0 Å². The third-order valence-electron chi connectivity index (χ3n) is 5.48. The van der Waals surface area contributed by atoms with Crippen molar-refractivity contribution < 1.29 is 9.15 Å². The van der Waals surface area contributed by atoms with Gasteiger partial charge in [-0.05, 0) is 44.2 Å². The molecule has 3 atom stereocenters. The smallest absolute Gasteiger partial charge is 0.118 e. The van der Waals surface area contributed by atoms with Gasteiger partial charge in [-0.25, -0.2) is 0 Å². The van der Waals surface area contributed by atoms with Gasteiger partial charge in [-0.1, -0.05) is 0 Å². The van der Waals surface area contributed by atoms with Gasteiger partial charge < -0.3 is 9.15 Å². The molecule has 3 aliphatic heterocycles. The number of hydrogen-bond donors (Lipinski definition) is 0. The van der Waals surface area contributed by atoms with Gasteiger partial charge in [0.2, 0.25) is 0 Å². The van der Waals surface area contributed by atoms with Crippen molar-refractivity contribution in [2.75, 3.05) is 32.8 Å². The Morgan fingerprint density at radius 3 is 2.62 bits per heavy atom. The Morgan fingerprint density at radius 1 is 1.10 bits per heavy atom. The fraction of sp³-hybridized carbons (Fsp3) is 0.765. The zero-order chi connectivity index (χ0) is 14.2. The number of furan rings is 1. The Labute approximate surface area is 127 Å². The Bertz CT molecular complexity index is 481. The molecule has 1 aromatic heterocycles. The molecule has 0 N–H and O–H groups in total. The number of likely N-dealkylation sites (tertiary alicyclic amines) is 2. The first kappa shape index (κ1) is 13.8.